The summed E-state index contributed by atoms with van der Waals surface area (Å²) < 4.78 is 39.6. The first-order valence-electron chi connectivity index (χ1n) is 25.8. The fraction of sp³-hybridized carbons (Fsp3) is 0.312. The van der Waals surface area contributed by atoms with Crippen LogP contribution in [0, 0.1) is 90.0 Å². The summed E-state index contributed by atoms with van der Waals surface area (Å²) in [4.78, 5) is 0. The van der Waals surface area contributed by atoms with Gasteiger partial charge >= 0.3 is 0 Å². The van der Waals surface area contributed by atoms with Gasteiger partial charge in [0.25, 0.3) is 0 Å². The van der Waals surface area contributed by atoms with Gasteiger partial charge in [0.05, 0.1) is 0 Å². The third kappa shape index (κ3) is 12.7. The van der Waals surface area contributed by atoms with E-state index in [0.717, 1.165) is 16.8 Å². The highest BCUT2D eigenvalue weighted by Gasteiger charge is 2.19. The van der Waals surface area contributed by atoms with Crippen molar-refractivity contribution in [2.75, 3.05) is 0 Å². The maximum absolute atomic E-state index is 8.24. The number of hydrogen-bond donors (Lipinski definition) is 0. The van der Waals surface area contributed by atoms with Crippen LogP contribution in [0.5, 0.6) is 0 Å². The Bertz CT molecular complexity index is 3230. The van der Waals surface area contributed by atoms with Crippen molar-refractivity contribution in [2.45, 2.75) is 110 Å². The summed E-state index contributed by atoms with van der Waals surface area (Å²) in [7, 11) is 8.29. The van der Waals surface area contributed by atoms with Crippen molar-refractivity contribution in [3.8, 4) is 45.0 Å². The fourth-order valence-electron chi connectivity index (χ4n) is 8.84. The number of nitrogens with zero attached hydrogens (tertiary/aromatic N) is 4. The van der Waals surface area contributed by atoms with E-state index in [1.54, 1.807) is 6.07 Å². The zero-order chi connectivity index (χ0) is 53.6. The van der Waals surface area contributed by atoms with Gasteiger partial charge in [0, 0.05) is 75.3 Å². The first-order chi connectivity index (χ1) is 33.6. The smallest absolute Gasteiger partial charge is 0.201 e. The number of benzene rings is 4. The van der Waals surface area contributed by atoms with E-state index in [1.807, 2.05) is 32.3 Å². The van der Waals surface area contributed by atoms with Crippen LogP contribution in [-0.4, -0.2) is 0 Å². The molecule has 0 fully saturated rings. The Labute approximate surface area is 416 Å². The molecule has 0 aliphatic rings. The van der Waals surface area contributed by atoms with E-state index in [1.165, 1.54) is 107 Å². The average Bonchev–Trinajstić information content (AvgIpc) is 3.30. The number of aromatic nitrogens is 4. The topological polar surface area (TPSA) is 15.5 Å². The van der Waals surface area contributed by atoms with E-state index in [9.17, 15) is 0 Å². The van der Waals surface area contributed by atoms with E-state index in [-0.39, 0.29) is 0 Å². The maximum atomic E-state index is 8.24. The maximum Gasteiger partial charge on any atom is 0.215 e. The largest absolute Gasteiger partial charge is 0.215 e. The Morgan fingerprint density at radius 3 is 1.41 bits per heavy atom. The zero-order valence-corrected chi connectivity index (χ0v) is 44.5. The molecule has 0 radical (unpaired) electrons. The third-order valence-electron chi connectivity index (χ3n) is 13.5. The van der Waals surface area contributed by atoms with Gasteiger partial charge in [-0.2, -0.15) is 0 Å². The van der Waals surface area contributed by atoms with Gasteiger partial charge in [0.1, 0.15) is 28.2 Å². The zero-order valence-electron chi connectivity index (χ0n) is 48.5. The van der Waals surface area contributed by atoms with Crippen LogP contribution in [0.25, 0.3) is 45.0 Å². The molecule has 352 valence electrons. The summed E-state index contributed by atoms with van der Waals surface area (Å²) in [6.45, 7) is 26.9. The molecular weight excluding hydrogens is 825 g/mol. The molecule has 0 N–H and O–H groups in total. The lowest BCUT2D eigenvalue weighted by Crippen LogP contribution is -2.32. The third-order valence-corrected chi connectivity index (χ3v) is 13.5. The molecule has 0 saturated heterocycles. The number of hydrogen-bond acceptors (Lipinski definition) is 0. The van der Waals surface area contributed by atoms with E-state index in [2.05, 4.69) is 232 Å². The Hall–Kier alpha value is -6.52. The molecule has 1 atom stereocenters. The Morgan fingerprint density at radius 1 is 0.382 bits per heavy atom. The monoisotopic (exact) mass is 909 g/mol. The minimum Gasteiger partial charge on any atom is -0.201 e. The minimum absolute atomic E-state index is 0.520. The van der Waals surface area contributed by atoms with Gasteiger partial charge in [-0.3, -0.25) is 0 Å². The van der Waals surface area contributed by atoms with Crippen molar-refractivity contribution in [2.24, 2.45) is 28.2 Å². The quantitative estimate of drug-likeness (QED) is 0.153. The first-order valence-corrected chi connectivity index (χ1v) is 23.8. The molecule has 4 heteroatoms. The van der Waals surface area contributed by atoms with Crippen molar-refractivity contribution in [3.05, 3.63) is 212 Å². The number of pyridine rings is 4. The molecule has 0 spiro atoms. The molecule has 4 heterocycles. The van der Waals surface area contributed by atoms with Gasteiger partial charge in [0.2, 0.25) is 22.8 Å². The first kappa shape index (κ1) is 46.6. The van der Waals surface area contributed by atoms with Crippen LogP contribution in [0.3, 0.4) is 0 Å². The van der Waals surface area contributed by atoms with Crippen LogP contribution in [0.15, 0.2) is 134 Å². The van der Waals surface area contributed by atoms with E-state index in [0.29, 0.717) is 5.56 Å². The van der Waals surface area contributed by atoms with Gasteiger partial charge in [-0.1, -0.05) is 49.7 Å². The molecule has 4 aromatic carbocycles. The minimum atomic E-state index is -2.36. The summed E-state index contributed by atoms with van der Waals surface area (Å²) in [5, 5.41) is 0. The molecule has 0 amide bonds. The molecule has 1 unspecified atom stereocenters. The van der Waals surface area contributed by atoms with Gasteiger partial charge in [0.15, 0.2) is 24.8 Å². The summed E-state index contributed by atoms with van der Waals surface area (Å²) in [6.07, 6.45) is 8.38. The van der Waals surface area contributed by atoms with E-state index >= 15 is 0 Å². The van der Waals surface area contributed by atoms with Crippen molar-refractivity contribution < 1.29 is 23.8 Å². The molecule has 4 aromatic heterocycles. The molecular formula is C64H80N4+4. The van der Waals surface area contributed by atoms with Gasteiger partial charge in [-0.05, 0) is 200 Å². The number of rotatable bonds is 5. The highest BCUT2D eigenvalue weighted by atomic mass is 14.9. The van der Waals surface area contributed by atoms with Crippen molar-refractivity contribution in [1.82, 2.24) is 0 Å². The van der Waals surface area contributed by atoms with Crippen LogP contribution in [-0.2, 0) is 28.2 Å². The van der Waals surface area contributed by atoms with Gasteiger partial charge < -0.3 is 0 Å². The summed E-state index contributed by atoms with van der Waals surface area (Å²) in [6, 6.07) is 38.2. The average molecular weight is 909 g/mol. The van der Waals surface area contributed by atoms with Crippen molar-refractivity contribution in [1.29, 1.82) is 0 Å². The summed E-state index contributed by atoms with van der Waals surface area (Å²) in [5.41, 5.74) is 27.4. The summed E-state index contributed by atoms with van der Waals surface area (Å²) in [5.74, 6) is -1.61. The van der Waals surface area contributed by atoms with Crippen molar-refractivity contribution in [3.63, 3.8) is 0 Å². The highest BCUT2D eigenvalue weighted by molar-refractivity contribution is 5.67. The van der Waals surface area contributed by atoms with Crippen LogP contribution in [0.2, 0.25) is 0 Å². The standard InChI is InChI=1S/C18H24N.C16H20N.2C15H18N/c1-12(2)16-7-8-17(14(4)11-16)18-15(5)13(3)9-10-19(18)6;1-11-6-7-16(17(5)10-11)15-9-13(3)12(2)8-14(15)4;1-11-9-13(3)14(10-12(11)2)15-7-5-6-8-16(15)4;1-11-9-12(2)13(3)14(10-11)15-7-5-6-8-16(15)4/h7-12H,1-6H3;6-10H,1-5H3;2*5-10H,1-4H3/q4*+1/i1D3,12D;;;. The molecule has 68 heavy (non-hydrogen) atoms. The molecule has 8 aromatic rings. The van der Waals surface area contributed by atoms with Crippen LogP contribution >= 0.6 is 0 Å². The molecule has 0 saturated carbocycles. The van der Waals surface area contributed by atoms with E-state index in [4.69, 9.17) is 5.48 Å². The molecule has 8 rings (SSSR count). The van der Waals surface area contributed by atoms with Crippen LogP contribution in [0.1, 0.15) is 103 Å². The predicted octanol–water partition coefficient (Wildman–Crippen LogP) is 13.8. The number of aryl methyl sites for hydroxylation is 15. The molecule has 0 bridgehead atoms. The highest BCUT2D eigenvalue weighted by Crippen LogP contribution is 2.29. The Kier molecular flexibility index (Phi) is 15.7. The molecule has 0 aliphatic heterocycles. The second-order valence-electron chi connectivity index (χ2n) is 19.1. The SMILES string of the molecule is Cc1cc(C)c(-c2cccc[n+]2C)cc1C.Cc1cc(C)c(C)c(-c2cccc[n+]2C)c1.Cc1ccc(-c2cc(C)c(C)cc2C)[n+](C)c1.[2H]C([2H])([2H])C([2H])(C)c1ccc(-c2c(C)c(C)cc[n+]2C)c(C)c1. The second kappa shape index (κ2) is 23.0. The lowest BCUT2D eigenvalue weighted by atomic mass is 9.94. The van der Waals surface area contributed by atoms with Gasteiger partial charge in [-0.25, -0.2) is 18.3 Å². The fourth-order valence-corrected chi connectivity index (χ4v) is 8.84. The predicted molar refractivity (Wildman–Crippen MR) is 288 cm³/mol. The second-order valence-corrected chi connectivity index (χ2v) is 19.1. The molecule has 4 nitrogen and oxygen atoms in total. The lowest BCUT2D eigenvalue weighted by Gasteiger charge is -2.12. The molecule has 0 aliphatic carbocycles. The van der Waals surface area contributed by atoms with E-state index < -0.39 is 12.7 Å². The Morgan fingerprint density at radius 2 is 0.897 bits per heavy atom. The summed E-state index contributed by atoms with van der Waals surface area (Å²) >= 11 is 0. The van der Waals surface area contributed by atoms with Gasteiger partial charge in [-0.15, -0.1) is 0 Å². The van der Waals surface area contributed by atoms with Crippen molar-refractivity contribution >= 4 is 0 Å². The van der Waals surface area contributed by atoms with Crippen LogP contribution < -0.4 is 18.3 Å². The van der Waals surface area contributed by atoms with Crippen LogP contribution in [0.4, 0.5) is 0 Å². The normalized spacial score (nSPS) is 12.6. The Balaban J connectivity index is 0.000000180. The lowest BCUT2D eigenvalue weighted by molar-refractivity contribution is -0.660.